The third-order valence-electron chi connectivity index (χ3n) is 5.51. The number of hydrogen-bond donors (Lipinski definition) is 1. The van der Waals surface area contributed by atoms with E-state index >= 15 is 0 Å². The number of nitrogens with zero attached hydrogens (tertiary/aromatic N) is 1. The molecule has 1 amide bonds. The van der Waals surface area contributed by atoms with Crippen LogP contribution in [0.15, 0.2) is 24.3 Å². The van der Waals surface area contributed by atoms with Crippen LogP contribution in [0.2, 0.25) is 0 Å². The van der Waals surface area contributed by atoms with Crippen LogP contribution in [0.1, 0.15) is 55.5 Å². The molecule has 1 N–H and O–H groups in total. The second-order valence-corrected chi connectivity index (χ2v) is 8.39. The van der Waals surface area contributed by atoms with Gasteiger partial charge in [-0.3, -0.25) is 9.59 Å². The van der Waals surface area contributed by atoms with Gasteiger partial charge in [-0.25, -0.2) is 0 Å². The van der Waals surface area contributed by atoms with E-state index in [1.807, 2.05) is 17.0 Å². The number of carbonyl (C=O) groups is 2. The molecule has 1 heterocycles. The molecule has 1 saturated carbocycles. The summed E-state index contributed by atoms with van der Waals surface area (Å²) in [6.07, 6.45) is 5.20. The first kappa shape index (κ1) is 21.9. The van der Waals surface area contributed by atoms with Gasteiger partial charge in [0, 0.05) is 24.6 Å². The highest BCUT2D eigenvalue weighted by Crippen LogP contribution is 2.27. The van der Waals surface area contributed by atoms with Crippen molar-refractivity contribution in [2.75, 3.05) is 26.2 Å². The second-order valence-electron chi connectivity index (χ2n) is 8.39. The van der Waals surface area contributed by atoms with Crippen molar-refractivity contribution in [2.24, 2.45) is 17.8 Å². The number of nitrogens with one attached hydrogen (secondary N) is 1. The number of amides is 1. The zero-order valence-electron chi connectivity index (χ0n) is 16.6. The predicted molar refractivity (Wildman–Crippen MR) is 111 cm³/mol. The van der Waals surface area contributed by atoms with Gasteiger partial charge in [0.15, 0.2) is 5.78 Å². The highest BCUT2D eigenvalue weighted by atomic mass is 35.5. The summed E-state index contributed by atoms with van der Waals surface area (Å²) in [5, 5.41) is 3.26. The van der Waals surface area contributed by atoms with Gasteiger partial charge in [-0.15, -0.1) is 12.4 Å². The first-order valence-electron chi connectivity index (χ1n) is 10.1. The lowest BCUT2D eigenvalue weighted by Crippen LogP contribution is -2.44. The largest absolute Gasteiger partial charge is 0.342 e. The van der Waals surface area contributed by atoms with Crippen molar-refractivity contribution in [2.45, 2.75) is 46.0 Å². The summed E-state index contributed by atoms with van der Waals surface area (Å²) in [5.74, 6) is 1.87. The molecule has 1 aliphatic heterocycles. The average Bonchev–Trinajstić information content (AvgIpc) is 3.46. The van der Waals surface area contributed by atoms with Gasteiger partial charge in [0.1, 0.15) is 0 Å². The van der Waals surface area contributed by atoms with Crippen LogP contribution in [0.5, 0.6) is 0 Å². The molecule has 0 radical (unpaired) electrons. The number of rotatable bonds is 8. The van der Waals surface area contributed by atoms with Crippen LogP contribution < -0.4 is 5.32 Å². The Bertz CT molecular complexity index is 618. The first-order chi connectivity index (χ1) is 12.5. The number of likely N-dealkylation sites (tertiary alicyclic amines) is 1. The van der Waals surface area contributed by atoms with Crippen LogP contribution in [0.3, 0.4) is 0 Å². The van der Waals surface area contributed by atoms with Crippen molar-refractivity contribution >= 4 is 24.1 Å². The molecule has 2 fully saturated rings. The molecule has 0 atom stereocenters. The Balaban J connectivity index is 0.00000261. The molecule has 1 saturated heterocycles. The molecular formula is C22H33ClN2O2. The second kappa shape index (κ2) is 10.2. The highest BCUT2D eigenvalue weighted by molar-refractivity contribution is 5.98. The Morgan fingerprint density at radius 1 is 1.07 bits per heavy atom. The maximum atomic E-state index is 12.7. The molecule has 2 aliphatic rings. The summed E-state index contributed by atoms with van der Waals surface area (Å²) < 4.78 is 0. The van der Waals surface area contributed by atoms with Gasteiger partial charge < -0.3 is 10.2 Å². The molecule has 0 bridgehead atoms. The number of halogens is 1. The molecule has 0 unspecified atom stereocenters. The van der Waals surface area contributed by atoms with Gasteiger partial charge in [-0.1, -0.05) is 38.1 Å². The van der Waals surface area contributed by atoms with E-state index in [4.69, 9.17) is 0 Å². The molecule has 5 heteroatoms. The van der Waals surface area contributed by atoms with Crippen LogP contribution in [-0.4, -0.2) is 42.8 Å². The zero-order chi connectivity index (χ0) is 18.5. The predicted octanol–water partition coefficient (Wildman–Crippen LogP) is 3.73. The van der Waals surface area contributed by atoms with E-state index in [-0.39, 0.29) is 30.0 Å². The Hall–Kier alpha value is -1.39. The highest BCUT2D eigenvalue weighted by Gasteiger charge is 2.28. The van der Waals surface area contributed by atoms with Crippen molar-refractivity contribution in [3.8, 4) is 0 Å². The molecule has 0 spiro atoms. The van der Waals surface area contributed by atoms with Crippen molar-refractivity contribution in [1.29, 1.82) is 0 Å². The summed E-state index contributed by atoms with van der Waals surface area (Å²) in [4.78, 5) is 26.9. The zero-order valence-corrected chi connectivity index (χ0v) is 17.4. The normalized spacial score (nSPS) is 17.7. The molecule has 4 nitrogen and oxygen atoms in total. The van der Waals surface area contributed by atoms with E-state index in [1.54, 1.807) is 0 Å². The lowest BCUT2D eigenvalue weighted by atomic mass is 9.88. The fourth-order valence-electron chi connectivity index (χ4n) is 3.72. The molecular weight excluding hydrogens is 360 g/mol. The van der Waals surface area contributed by atoms with Crippen LogP contribution in [0, 0.1) is 17.8 Å². The molecule has 3 rings (SSSR count). The standard InChI is InChI=1S/C22H32N2O2.ClH/c1-16(2)13-17-5-7-19(8-6-17)22(26)20-9-11-24(12-10-20)21(25)15-23-14-18-3-4-18;/h5-8,16,18,20,23H,3-4,9-15H2,1-2H3;1H. The fourth-order valence-corrected chi connectivity index (χ4v) is 3.72. The number of ketones is 1. The average molecular weight is 393 g/mol. The van der Waals surface area contributed by atoms with Gasteiger partial charge in [0.2, 0.25) is 5.91 Å². The van der Waals surface area contributed by atoms with Crippen molar-refractivity contribution in [1.82, 2.24) is 10.2 Å². The minimum atomic E-state index is 0. The van der Waals surface area contributed by atoms with E-state index in [0.717, 1.165) is 37.3 Å². The Morgan fingerprint density at radius 3 is 2.26 bits per heavy atom. The lowest BCUT2D eigenvalue weighted by molar-refractivity contribution is -0.131. The summed E-state index contributed by atoms with van der Waals surface area (Å²) in [5.41, 5.74) is 2.10. The number of piperidine rings is 1. The van der Waals surface area contributed by atoms with Crippen molar-refractivity contribution < 1.29 is 9.59 Å². The monoisotopic (exact) mass is 392 g/mol. The van der Waals surface area contributed by atoms with E-state index in [1.165, 1.54) is 18.4 Å². The molecule has 1 aromatic rings. The van der Waals surface area contributed by atoms with E-state index in [2.05, 4.69) is 31.3 Å². The third-order valence-corrected chi connectivity index (χ3v) is 5.51. The molecule has 1 aliphatic carbocycles. The number of Topliss-reactive ketones (excluding diaryl/α,β-unsaturated/α-hetero) is 1. The van der Waals surface area contributed by atoms with Gasteiger partial charge in [0.25, 0.3) is 0 Å². The SMILES string of the molecule is CC(C)Cc1ccc(C(=O)C2CCN(C(=O)CNCC3CC3)CC2)cc1.Cl. The first-order valence-corrected chi connectivity index (χ1v) is 10.1. The van der Waals surface area contributed by atoms with Gasteiger partial charge in [-0.2, -0.15) is 0 Å². The van der Waals surface area contributed by atoms with Gasteiger partial charge >= 0.3 is 0 Å². The molecule has 1 aromatic carbocycles. The van der Waals surface area contributed by atoms with Crippen LogP contribution in [0.4, 0.5) is 0 Å². The van der Waals surface area contributed by atoms with E-state index < -0.39 is 0 Å². The molecule has 0 aromatic heterocycles. The van der Waals surface area contributed by atoms with Crippen LogP contribution in [0.25, 0.3) is 0 Å². The number of benzene rings is 1. The molecule has 27 heavy (non-hydrogen) atoms. The van der Waals surface area contributed by atoms with Gasteiger partial charge in [-0.05, 0) is 56.0 Å². The smallest absolute Gasteiger partial charge is 0.236 e. The Morgan fingerprint density at radius 2 is 1.70 bits per heavy atom. The summed E-state index contributed by atoms with van der Waals surface area (Å²) in [6.45, 7) is 7.21. The topological polar surface area (TPSA) is 49.4 Å². The van der Waals surface area contributed by atoms with Gasteiger partial charge in [0.05, 0.1) is 6.54 Å². The minimum absolute atomic E-state index is 0. The van der Waals surface area contributed by atoms with E-state index in [9.17, 15) is 9.59 Å². The van der Waals surface area contributed by atoms with Crippen molar-refractivity contribution in [3.05, 3.63) is 35.4 Å². The maximum Gasteiger partial charge on any atom is 0.236 e. The quantitative estimate of drug-likeness (QED) is 0.686. The van der Waals surface area contributed by atoms with Crippen LogP contribution >= 0.6 is 12.4 Å². The van der Waals surface area contributed by atoms with Crippen LogP contribution in [-0.2, 0) is 11.2 Å². The summed E-state index contributed by atoms with van der Waals surface area (Å²) in [6, 6.07) is 8.10. The Labute approximate surface area is 169 Å². The third kappa shape index (κ3) is 6.62. The maximum absolute atomic E-state index is 12.7. The molecule has 150 valence electrons. The summed E-state index contributed by atoms with van der Waals surface area (Å²) in [7, 11) is 0. The van der Waals surface area contributed by atoms with Crippen molar-refractivity contribution in [3.63, 3.8) is 0 Å². The van der Waals surface area contributed by atoms with E-state index in [0.29, 0.717) is 25.6 Å². The number of hydrogen-bond acceptors (Lipinski definition) is 3. The fraction of sp³-hybridized carbons (Fsp3) is 0.636. The number of carbonyl (C=O) groups excluding carboxylic acids is 2. The lowest BCUT2D eigenvalue weighted by Gasteiger charge is -2.31. The minimum Gasteiger partial charge on any atom is -0.342 e. The summed E-state index contributed by atoms with van der Waals surface area (Å²) >= 11 is 0. The Kier molecular flexibility index (Phi) is 8.30.